The molecule has 3 N–H and O–H groups in total. The molecule has 19 heavy (non-hydrogen) atoms. The predicted molar refractivity (Wildman–Crippen MR) is 79.1 cm³/mol. The van der Waals surface area contributed by atoms with Gasteiger partial charge in [-0.1, -0.05) is 38.3 Å². The number of nitrogens with one attached hydrogen (secondary N) is 1. The van der Waals surface area contributed by atoms with E-state index in [1.165, 1.54) is 19.3 Å². The van der Waals surface area contributed by atoms with Crippen LogP contribution in [0, 0.1) is 12.8 Å². The lowest BCUT2D eigenvalue weighted by atomic mass is 9.84. The molecule has 2 atom stereocenters. The van der Waals surface area contributed by atoms with Crippen molar-refractivity contribution in [2.75, 3.05) is 5.73 Å². The van der Waals surface area contributed by atoms with Crippen LogP contribution in [0.25, 0.3) is 0 Å². The third kappa shape index (κ3) is 3.28. The van der Waals surface area contributed by atoms with Crippen molar-refractivity contribution in [2.24, 2.45) is 5.92 Å². The SMILES string of the molecule is CCC1CCCC(NC(=O)c2cccc(C)c2N)C1. The first-order valence-electron chi connectivity index (χ1n) is 7.27. The molecule has 0 aliphatic heterocycles. The zero-order valence-electron chi connectivity index (χ0n) is 11.9. The number of anilines is 1. The Kier molecular flexibility index (Phi) is 4.46. The standard InChI is InChI=1S/C16H24N2O/c1-3-12-7-5-8-13(10-12)18-16(19)14-9-4-6-11(2)15(14)17/h4,6,9,12-13H,3,5,7-8,10,17H2,1-2H3,(H,18,19). The summed E-state index contributed by atoms with van der Waals surface area (Å²) >= 11 is 0. The number of nitrogens with two attached hydrogens (primary N) is 1. The summed E-state index contributed by atoms with van der Waals surface area (Å²) in [5.41, 5.74) is 8.15. The van der Waals surface area contributed by atoms with Gasteiger partial charge in [0.2, 0.25) is 0 Å². The van der Waals surface area contributed by atoms with Gasteiger partial charge in [0.25, 0.3) is 5.91 Å². The minimum absolute atomic E-state index is 0.0250. The van der Waals surface area contributed by atoms with E-state index in [0.29, 0.717) is 17.3 Å². The van der Waals surface area contributed by atoms with Gasteiger partial charge >= 0.3 is 0 Å². The second-order valence-corrected chi connectivity index (χ2v) is 5.65. The fraction of sp³-hybridized carbons (Fsp3) is 0.562. The molecule has 3 nitrogen and oxygen atoms in total. The highest BCUT2D eigenvalue weighted by Gasteiger charge is 2.23. The third-order valence-corrected chi connectivity index (χ3v) is 4.26. The Balaban J connectivity index is 2.02. The second kappa shape index (κ2) is 6.09. The van der Waals surface area contributed by atoms with Crippen molar-refractivity contribution in [3.63, 3.8) is 0 Å². The van der Waals surface area contributed by atoms with E-state index in [1.807, 2.05) is 19.1 Å². The summed E-state index contributed by atoms with van der Waals surface area (Å²) in [7, 11) is 0. The van der Waals surface area contributed by atoms with Crippen LogP contribution in [0.15, 0.2) is 18.2 Å². The number of carbonyl (C=O) groups is 1. The highest BCUT2D eigenvalue weighted by atomic mass is 16.1. The van der Waals surface area contributed by atoms with Crippen LogP contribution >= 0.6 is 0 Å². The fourth-order valence-corrected chi connectivity index (χ4v) is 2.93. The average Bonchev–Trinajstić information content (AvgIpc) is 2.42. The smallest absolute Gasteiger partial charge is 0.253 e. The summed E-state index contributed by atoms with van der Waals surface area (Å²) in [5.74, 6) is 0.733. The van der Waals surface area contributed by atoms with Gasteiger partial charge in [-0.3, -0.25) is 4.79 Å². The van der Waals surface area contributed by atoms with Gasteiger partial charge in [-0.15, -0.1) is 0 Å². The molecule has 0 spiro atoms. The van der Waals surface area contributed by atoms with Gasteiger partial charge in [-0.2, -0.15) is 0 Å². The van der Waals surface area contributed by atoms with Gasteiger partial charge in [0.15, 0.2) is 0 Å². The first-order valence-corrected chi connectivity index (χ1v) is 7.27. The van der Waals surface area contributed by atoms with Crippen molar-refractivity contribution in [1.29, 1.82) is 0 Å². The molecule has 0 bridgehead atoms. The number of aryl methyl sites for hydroxylation is 1. The van der Waals surface area contributed by atoms with Crippen molar-refractivity contribution in [1.82, 2.24) is 5.32 Å². The molecule has 1 aliphatic rings. The molecule has 1 saturated carbocycles. The summed E-state index contributed by atoms with van der Waals surface area (Å²) < 4.78 is 0. The first-order chi connectivity index (χ1) is 9.11. The highest BCUT2D eigenvalue weighted by Crippen LogP contribution is 2.27. The minimum atomic E-state index is -0.0250. The summed E-state index contributed by atoms with van der Waals surface area (Å²) in [4.78, 5) is 12.3. The lowest BCUT2D eigenvalue weighted by molar-refractivity contribution is 0.0920. The molecule has 0 saturated heterocycles. The Morgan fingerprint density at radius 3 is 2.95 bits per heavy atom. The fourth-order valence-electron chi connectivity index (χ4n) is 2.93. The van der Waals surface area contributed by atoms with Gasteiger partial charge in [0.1, 0.15) is 0 Å². The molecule has 1 aromatic carbocycles. The van der Waals surface area contributed by atoms with Gasteiger partial charge in [0.05, 0.1) is 5.56 Å². The lowest BCUT2D eigenvalue weighted by Crippen LogP contribution is -2.38. The van der Waals surface area contributed by atoms with Crippen LogP contribution in [0.1, 0.15) is 54.9 Å². The van der Waals surface area contributed by atoms with E-state index in [0.717, 1.165) is 24.3 Å². The number of carbonyl (C=O) groups excluding carboxylic acids is 1. The molecule has 0 aromatic heterocycles. The van der Waals surface area contributed by atoms with Crippen molar-refractivity contribution >= 4 is 11.6 Å². The predicted octanol–water partition coefficient (Wildman–Crippen LogP) is 3.28. The monoisotopic (exact) mass is 260 g/mol. The number of rotatable bonds is 3. The van der Waals surface area contributed by atoms with E-state index in [9.17, 15) is 4.79 Å². The summed E-state index contributed by atoms with van der Waals surface area (Å²) in [6, 6.07) is 5.93. The van der Waals surface area contributed by atoms with E-state index < -0.39 is 0 Å². The molecule has 2 rings (SSSR count). The Labute approximate surface area is 115 Å². The number of nitrogen functional groups attached to an aromatic ring is 1. The largest absolute Gasteiger partial charge is 0.398 e. The molecule has 3 heteroatoms. The Morgan fingerprint density at radius 2 is 2.21 bits per heavy atom. The maximum Gasteiger partial charge on any atom is 0.253 e. The Bertz CT molecular complexity index is 456. The van der Waals surface area contributed by atoms with Crippen LogP contribution in [-0.2, 0) is 0 Å². The average molecular weight is 260 g/mol. The molecule has 1 aliphatic carbocycles. The van der Waals surface area contributed by atoms with Crippen molar-refractivity contribution in [3.05, 3.63) is 29.3 Å². The molecule has 0 radical (unpaired) electrons. The molecular weight excluding hydrogens is 236 g/mol. The molecule has 0 heterocycles. The van der Waals surface area contributed by atoms with Gasteiger partial charge in [-0.25, -0.2) is 0 Å². The summed E-state index contributed by atoms with van der Waals surface area (Å²) in [5, 5.41) is 3.15. The highest BCUT2D eigenvalue weighted by molar-refractivity contribution is 5.99. The zero-order valence-corrected chi connectivity index (χ0v) is 11.9. The Morgan fingerprint density at radius 1 is 1.42 bits per heavy atom. The maximum absolute atomic E-state index is 12.3. The maximum atomic E-state index is 12.3. The van der Waals surface area contributed by atoms with Crippen LogP contribution in [0.4, 0.5) is 5.69 Å². The third-order valence-electron chi connectivity index (χ3n) is 4.26. The molecular formula is C16H24N2O. The number of para-hydroxylation sites is 1. The van der Waals surface area contributed by atoms with E-state index in [2.05, 4.69) is 12.2 Å². The molecule has 1 aromatic rings. The van der Waals surface area contributed by atoms with E-state index >= 15 is 0 Å². The summed E-state index contributed by atoms with van der Waals surface area (Å²) in [6.45, 7) is 4.16. The molecule has 1 amide bonds. The van der Waals surface area contributed by atoms with Crippen LogP contribution in [0.5, 0.6) is 0 Å². The normalized spacial score (nSPS) is 23.1. The summed E-state index contributed by atoms with van der Waals surface area (Å²) in [6.07, 6.45) is 5.92. The van der Waals surface area contributed by atoms with Crippen LogP contribution in [-0.4, -0.2) is 11.9 Å². The van der Waals surface area contributed by atoms with Gasteiger partial charge in [0, 0.05) is 11.7 Å². The molecule has 104 valence electrons. The van der Waals surface area contributed by atoms with Crippen LogP contribution in [0.3, 0.4) is 0 Å². The van der Waals surface area contributed by atoms with Crippen LogP contribution in [0.2, 0.25) is 0 Å². The Hall–Kier alpha value is -1.51. The van der Waals surface area contributed by atoms with Gasteiger partial charge < -0.3 is 11.1 Å². The number of amides is 1. The minimum Gasteiger partial charge on any atom is -0.398 e. The topological polar surface area (TPSA) is 55.1 Å². The van der Waals surface area contributed by atoms with Crippen molar-refractivity contribution < 1.29 is 4.79 Å². The van der Waals surface area contributed by atoms with Gasteiger partial charge in [-0.05, 0) is 37.3 Å². The zero-order chi connectivity index (χ0) is 13.8. The number of benzene rings is 1. The molecule has 2 unspecified atom stereocenters. The van der Waals surface area contributed by atoms with Crippen LogP contribution < -0.4 is 11.1 Å². The number of hydrogen-bond donors (Lipinski definition) is 2. The van der Waals surface area contributed by atoms with Crippen molar-refractivity contribution in [3.8, 4) is 0 Å². The quantitative estimate of drug-likeness (QED) is 0.819. The van der Waals surface area contributed by atoms with Crippen molar-refractivity contribution in [2.45, 2.75) is 52.0 Å². The molecule has 1 fully saturated rings. The second-order valence-electron chi connectivity index (χ2n) is 5.65. The first kappa shape index (κ1) is 13.9. The van der Waals surface area contributed by atoms with E-state index in [4.69, 9.17) is 5.73 Å². The van der Waals surface area contributed by atoms with E-state index in [-0.39, 0.29) is 5.91 Å². The lowest BCUT2D eigenvalue weighted by Gasteiger charge is -2.29. The number of hydrogen-bond acceptors (Lipinski definition) is 2. The van der Waals surface area contributed by atoms with E-state index in [1.54, 1.807) is 6.07 Å².